The fourth-order valence-electron chi connectivity index (χ4n) is 3.92. The molecular formula is C16H28ClN3O3. The molecule has 0 bridgehead atoms. The lowest BCUT2D eigenvalue weighted by Crippen LogP contribution is -2.50. The monoisotopic (exact) mass is 345 g/mol. The van der Waals surface area contributed by atoms with Crippen LogP contribution in [0.25, 0.3) is 0 Å². The van der Waals surface area contributed by atoms with Crippen LogP contribution in [0.2, 0.25) is 0 Å². The number of ether oxygens (including phenoxy) is 1. The fourth-order valence-corrected chi connectivity index (χ4v) is 3.92. The number of nitrogens with two attached hydrogens (primary N) is 1. The van der Waals surface area contributed by atoms with Crippen LogP contribution in [0, 0.1) is 11.8 Å². The summed E-state index contributed by atoms with van der Waals surface area (Å²) in [4.78, 5) is 29.0. The zero-order chi connectivity index (χ0) is 15.5. The van der Waals surface area contributed by atoms with E-state index in [1.54, 1.807) is 0 Å². The molecule has 7 heteroatoms. The minimum absolute atomic E-state index is 0. The summed E-state index contributed by atoms with van der Waals surface area (Å²) in [6, 6.07) is 0.171. The van der Waals surface area contributed by atoms with Crippen molar-refractivity contribution >= 4 is 24.2 Å². The summed E-state index contributed by atoms with van der Waals surface area (Å²) in [7, 11) is 0. The smallest absolute Gasteiger partial charge is 0.227 e. The largest absolute Gasteiger partial charge is 0.378 e. The quantitative estimate of drug-likeness (QED) is 0.796. The van der Waals surface area contributed by atoms with Crippen LogP contribution in [0.15, 0.2) is 0 Å². The Bertz CT molecular complexity index is 406. The molecule has 1 saturated carbocycles. The summed E-state index contributed by atoms with van der Waals surface area (Å²) in [5, 5.41) is 0. The molecule has 3 unspecified atom stereocenters. The Kier molecular flexibility index (Phi) is 6.68. The van der Waals surface area contributed by atoms with E-state index in [1.807, 2.05) is 9.80 Å². The molecule has 3 fully saturated rings. The molecular weight excluding hydrogens is 318 g/mol. The van der Waals surface area contributed by atoms with Crippen LogP contribution in [0.5, 0.6) is 0 Å². The van der Waals surface area contributed by atoms with Gasteiger partial charge >= 0.3 is 0 Å². The SMILES string of the molecule is Cl.NC1CCC(C(=O)N2CCCC(C(=O)N3CCOCC3)C2)C1. The number of nitrogens with zero attached hydrogens (tertiary/aromatic N) is 2. The van der Waals surface area contributed by atoms with Crippen molar-refractivity contribution in [1.29, 1.82) is 0 Å². The number of rotatable bonds is 2. The molecule has 2 heterocycles. The van der Waals surface area contributed by atoms with Crippen molar-refractivity contribution in [3.05, 3.63) is 0 Å². The van der Waals surface area contributed by atoms with E-state index in [2.05, 4.69) is 0 Å². The van der Waals surface area contributed by atoms with Crippen LogP contribution in [0.1, 0.15) is 32.1 Å². The van der Waals surface area contributed by atoms with Gasteiger partial charge in [-0.3, -0.25) is 9.59 Å². The van der Waals surface area contributed by atoms with Gasteiger partial charge in [-0.15, -0.1) is 12.4 Å². The Balaban J connectivity index is 0.00000192. The molecule has 2 N–H and O–H groups in total. The van der Waals surface area contributed by atoms with E-state index in [9.17, 15) is 9.59 Å². The third kappa shape index (κ3) is 4.37. The molecule has 0 aromatic rings. The Hall–Kier alpha value is -0.850. The topological polar surface area (TPSA) is 75.9 Å². The molecule has 132 valence electrons. The van der Waals surface area contributed by atoms with Gasteiger partial charge in [-0.05, 0) is 32.1 Å². The van der Waals surface area contributed by atoms with Gasteiger partial charge in [0.25, 0.3) is 0 Å². The average molecular weight is 346 g/mol. The van der Waals surface area contributed by atoms with Crippen molar-refractivity contribution in [3.63, 3.8) is 0 Å². The second kappa shape index (κ2) is 8.31. The molecule has 6 nitrogen and oxygen atoms in total. The maximum absolute atomic E-state index is 12.6. The molecule has 2 aliphatic heterocycles. The molecule has 3 rings (SSSR count). The highest BCUT2D eigenvalue weighted by Gasteiger charge is 2.36. The van der Waals surface area contributed by atoms with Crippen molar-refractivity contribution in [3.8, 4) is 0 Å². The first-order chi connectivity index (χ1) is 10.6. The number of hydrogen-bond acceptors (Lipinski definition) is 4. The predicted molar refractivity (Wildman–Crippen MR) is 89.3 cm³/mol. The Morgan fingerprint density at radius 3 is 2.26 bits per heavy atom. The Labute approximate surface area is 144 Å². The summed E-state index contributed by atoms with van der Waals surface area (Å²) >= 11 is 0. The first kappa shape index (κ1) is 18.5. The maximum atomic E-state index is 12.6. The van der Waals surface area contributed by atoms with E-state index in [-0.39, 0.29) is 42.1 Å². The molecule has 1 aliphatic carbocycles. The summed E-state index contributed by atoms with van der Waals surface area (Å²) in [6.07, 6.45) is 4.46. The van der Waals surface area contributed by atoms with Crippen LogP contribution in [-0.4, -0.2) is 67.0 Å². The number of likely N-dealkylation sites (tertiary alicyclic amines) is 1. The predicted octanol–water partition coefficient (Wildman–Crippen LogP) is 0.633. The third-order valence-corrected chi connectivity index (χ3v) is 5.23. The van der Waals surface area contributed by atoms with Gasteiger partial charge in [0.05, 0.1) is 19.1 Å². The third-order valence-electron chi connectivity index (χ3n) is 5.23. The van der Waals surface area contributed by atoms with E-state index < -0.39 is 0 Å². The molecule has 3 atom stereocenters. The number of amides is 2. The van der Waals surface area contributed by atoms with Crippen molar-refractivity contribution in [2.45, 2.75) is 38.1 Å². The lowest BCUT2D eigenvalue weighted by molar-refractivity contribution is -0.145. The van der Waals surface area contributed by atoms with Crippen LogP contribution in [0.4, 0.5) is 0 Å². The zero-order valence-electron chi connectivity index (χ0n) is 13.6. The van der Waals surface area contributed by atoms with Gasteiger partial charge in [0, 0.05) is 38.1 Å². The highest BCUT2D eigenvalue weighted by atomic mass is 35.5. The average Bonchev–Trinajstić information content (AvgIpc) is 3.01. The molecule has 3 aliphatic rings. The van der Waals surface area contributed by atoms with E-state index in [0.29, 0.717) is 32.8 Å². The maximum Gasteiger partial charge on any atom is 0.227 e. The first-order valence-electron chi connectivity index (χ1n) is 8.56. The van der Waals surface area contributed by atoms with Crippen molar-refractivity contribution < 1.29 is 14.3 Å². The highest BCUT2D eigenvalue weighted by Crippen LogP contribution is 2.28. The fraction of sp³-hybridized carbons (Fsp3) is 0.875. The van der Waals surface area contributed by atoms with Crippen molar-refractivity contribution in [2.75, 3.05) is 39.4 Å². The lowest BCUT2D eigenvalue weighted by atomic mass is 9.94. The normalized spacial score (nSPS) is 31.6. The van der Waals surface area contributed by atoms with Crippen LogP contribution in [0.3, 0.4) is 0 Å². The summed E-state index contributed by atoms with van der Waals surface area (Å²) < 4.78 is 5.30. The highest BCUT2D eigenvalue weighted by molar-refractivity contribution is 5.85. The number of piperidine rings is 1. The van der Waals surface area contributed by atoms with Crippen molar-refractivity contribution in [1.82, 2.24) is 9.80 Å². The van der Waals surface area contributed by atoms with Gasteiger partial charge in [0.2, 0.25) is 11.8 Å². The summed E-state index contributed by atoms with van der Waals surface area (Å²) in [5.41, 5.74) is 5.92. The van der Waals surface area contributed by atoms with E-state index >= 15 is 0 Å². The number of hydrogen-bond donors (Lipinski definition) is 1. The first-order valence-corrected chi connectivity index (χ1v) is 8.56. The Morgan fingerprint density at radius 1 is 0.913 bits per heavy atom. The molecule has 0 aromatic carbocycles. The second-order valence-electron chi connectivity index (χ2n) is 6.83. The van der Waals surface area contributed by atoms with E-state index in [0.717, 1.165) is 38.6 Å². The van der Waals surface area contributed by atoms with Gasteiger partial charge in [-0.1, -0.05) is 0 Å². The minimum atomic E-state index is -0.0362. The number of carbonyl (C=O) groups is 2. The lowest BCUT2D eigenvalue weighted by Gasteiger charge is -2.37. The molecule has 2 amide bonds. The zero-order valence-corrected chi connectivity index (χ0v) is 14.4. The van der Waals surface area contributed by atoms with E-state index in [4.69, 9.17) is 10.5 Å². The van der Waals surface area contributed by atoms with Gasteiger partial charge in [0.1, 0.15) is 0 Å². The van der Waals surface area contributed by atoms with Crippen LogP contribution >= 0.6 is 12.4 Å². The second-order valence-corrected chi connectivity index (χ2v) is 6.83. The number of carbonyl (C=O) groups excluding carboxylic acids is 2. The molecule has 0 radical (unpaired) electrons. The molecule has 23 heavy (non-hydrogen) atoms. The van der Waals surface area contributed by atoms with Gasteiger partial charge in [-0.25, -0.2) is 0 Å². The van der Waals surface area contributed by atoms with Gasteiger partial charge in [0.15, 0.2) is 0 Å². The summed E-state index contributed by atoms with van der Waals surface area (Å²) in [6.45, 7) is 3.99. The van der Waals surface area contributed by atoms with Gasteiger partial charge < -0.3 is 20.3 Å². The molecule has 2 saturated heterocycles. The minimum Gasteiger partial charge on any atom is -0.378 e. The number of halogens is 1. The van der Waals surface area contributed by atoms with E-state index in [1.165, 1.54) is 0 Å². The summed E-state index contributed by atoms with van der Waals surface area (Å²) in [5.74, 6) is 0.453. The molecule has 0 spiro atoms. The standard InChI is InChI=1S/C16H27N3O3.ClH/c17-14-4-3-12(10-14)15(20)19-5-1-2-13(11-19)16(21)18-6-8-22-9-7-18;/h12-14H,1-11,17H2;1H. The number of morpholine rings is 1. The van der Waals surface area contributed by atoms with Gasteiger partial charge in [-0.2, -0.15) is 0 Å². The van der Waals surface area contributed by atoms with Crippen LogP contribution in [-0.2, 0) is 14.3 Å². The van der Waals surface area contributed by atoms with Crippen molar-refractivity contribution in [2.24, 2.45) is 17.6 Å². The molecule has 0 aromatic heterocycles. The Morgan fingerprint density at radius 2 is 1.61 bits per heavy atom. The van der Waals surface area contributed by atoms with Crippen LogP contribution < -0.4 is 5.73 Å².